The molecule has 3 nitrogen and oxygen atoms in total. The van der Waals surface area contributed by atoms with Gasteiger partial charge in [-0.05, 0) is 18.1 Å². The Morgan fingerprint density at radius 3 is 2.75 bits per heavy atom. The fourth-order valence-corrected chi connectivity index (χ4v) is 1.82. The first-order chi connectivity index (χ1) is 7.59. The third-order valence-corrected chi connectivity index (χ3v) is 2.64. The normalized spacial score (nSPS) is 23.7. The summed E-state index contributed by atoms with van der Waals surface area (Å²) in [6, 6.07) is 6.65. The lowest BCUT2D eigenvalue weighted by Crippen LogP contribution is -2.42. The second-order valence-corrected chi connectivity index (χ2v) is 3.67. The zero-order chi connectivity index (χ0) is 11.7. The number of carboxylic acids is 1. The van der Waals surface area contributed by atoms with Gasteiger partial charge in [-0.2, -0.15) is 0 Å². The summed E-state index contributed by atoms with van der Waals surface area (Å²) < 4.78 is 30.3. The number of carboxylic acid groups (broad SMARTS) is 1. The Morgan fingerprint density at radius 2 is 2.12 bits per heavy atom. The van der Waals surface area contributed by atoms with Crippen LogP contribution in [0.5, 0.6) is 5.75 Å². The maximum Gasteiger partial charge on any atom is 0.310 e. The molecule has 1 aliphatic heterocycles. The molecule has 0 bridgehead atoms. The predicted octanol–water partition coefficient (Wildman–Crippen LogP) is 1.96. The van der Waals surface area contributed by atoms with Gasteiger partial charge >= 0.3 is 5.97 Å². The van der Waals surface area contributed by atoms with Crippen LogP contribution in [0.25, 0.3) is 0 Å². The fourth-order valence-electron chi connectivity index (χ4n) is 1.82. The highest BCUT2D eigenvalue weighted by atomic mass is 19.3. The third-order valence-electron chi connectivity index (χ3n) is 2.64. The van der Waals surface area contributed by atoms with Crippen LogP contribution < -0.4 is 4.74 Å². The van der Waals surface area contributed by atoms with Crippen LogP contribution >= 0.6 is 0 Å². The van der Waals surface area contributed by atoms with Crippen molar-refractivity contribution in [2.45, 2.75) is 19.0 Å². The molecule has 5 heteroatoms. The van der Waals surface area contributed by atoms with Gasteiger partial charge in [-0.3, -0.25) is 4.79 Å². The largest absolute Gasteiger partial charge is 0.483 e. The molecule has 1 aromatic rings. The number of rotatable bonds is 2. The summed E-state index contributed by atoms with van der Waals surface area (Å²) >= 11 is 0. The van der Waals surface area contributed by atoms with E-state index in [1.807, 2.05) is 0 Å². The number of hydrogen-bond donors (Lipinski definition) is 1. The average molecular weight is 228 g/mol. The van der Waals surface area contributed by atoms with E-state index >= 15 is 0 Å². The van der Waals surface area contributed by atoms with Crippen LogP contribution in [0.15, 0.2) is 24.3 Å². The van der Waals surface area contributed by atoms with E-state index in [0.29, 0.717) is 11.3 Å². The van der Waals surface area contributed by atoms with Gasteiger partial charge in [0.05, 0.1) is 0 Å². The van der Waals surface area contributed by atoms with Crippen molar-refractivity contribution in [3.8, 4) is 5.75 Å². The highest BCUT2D eigenvalue weighted by Gasteiger charge is 2.40. The lowest BCUT2D eigenvalue weighted by atomic mass is 9.91. The molecule has 0 spiro atoms. The molecule has 1 heterocycles. The summed E-state index contributed by atoms with van der Waals surface area (Å²) in [7, 11) is 0. The lowest BCUT2D eigenvalue weighted by Gasteiger charge is -2.30. The molecular formula is C11H10F2O3. The Bertz CT molecular complexity index is 406. The lowest BCUT2D eigenvalue weighted by molar-refractivity contribution is -0.150. The highest BCUT2D eigenvalue weighted by molar-refractivity contribution is 5.72. The Kier molecular flexibility index (Phi) is 2.77. The van der Waals surface area contributed by atoms with Crippen LogP contribution in [0.1, 0.15) is 5.56 Å². The molecule has 1 aliphatic rings. The van der Waals surface area contributed by atoms with Gasteiger partial charge in [0.1, 0.15) is 11.7 Å². The second kappa shape index (κ2) is 4.08. The van der Waals surface area contributed by atoms with Crippen LogP contribution in [0.2, 0.25) is 0 Å². The second-order valence-electron chi connectivity index (χ2n) is 3.67. The first kappa shape index (κ1) is 10.9. The van der Waals surface area contributed by atoms with Crippen molar-refractivity contribution in [1.29, 1.82) is 0 Å². The van der Waals surface area contributed by atoms with E-state index in [9.17, 15) is 13.6 Å². The van der Waals surface area contributed by atoms with Gasteiger partial charge in [0.2, 0.25) is 0 Å². The quantitative estimate of drug-likeness (QED) is 0.841. The molecule has 86 valence electrons. The molecular weight excluding hydrogens is 218 g/mol. The first-order valence-corrected chi connectivity index (χ1v) is 4.85. The number of benzene rings is 1. The van der Waals surface area contributed by atoms with Crippen molar-refractivity contribution in [3.63, 3.8) is 0 Å². The van der Waals surface area contributed by atoms with Crippen molar-refractivity contribution in [2.75, 3.05) is 0 Å². The van der Waals surface area contributed by atoms with Gasteiger partial charge in [-0.1, -0.05) is 18.2 Å². The third kappa shape index (κ3) is 1.85. The van der Waals surface area contributed by atoms with Crippen LogP contribution in [-0.2, 0) is 11.2 Å². The van der Waals surface area contributed by atoms with Crippen molar-refractivity contribution in [2.24, 2.45) is 5.92 Å². The van der Waals surface area contributed by atoms with E-state index in [0.717, 1.165) is 0 Å². The molecule has 0 radical (unpaired) electrons. The zero-order valence-electron chi connectivity index (χ0n) is 8.27. The minimum absolute atomic E-state index is 0.0838. The Morgan fingerprint density at radius 1 is 1.44 bits per heavy atom. The number of halogens is 2. The van der Waals surface area contributed by atoms with E-state index in [1.165, 1.54) is 0 Å². The van der Waals surface area contributed by atoms with Gasteiger partial charge in [-0.15, -0.1) is 0 Å². The fraction of sp³-hybridized carbons (Fsp3) is 0.364. The van der Waals surface area contributed by atoms with Gasteiger partial charge in [0.25, 0.3) is 6.43 Å². The number of aliphatic carboxylic acids is 1. The van der Waals surface area contributed by atoms with Crippen molar-refractivity contribution >= 4 is 5.97 Å². The van der Waals surface area contributed by atoms with Gasteiger partial charge in [-0.25, -0.2) is 8.78 Å². The topological polar surface area (TPSA) is 46.5 Å². The van der Waals surface area contributed by atoms with E-state index in [-0.39, 0.29) is 6.42 Å². The van der Waals surface area contributed by atoms with E-state index in [2.05, 4.69) is 0 Å². The highest BCUT2D eigenvalue weighted by Crippen LogP contribution is 2.33. The molecule has 0 unspecified atom stereocenters. The molecule has 0 aliphatic carbocycles. The van der Waals surface area contributed by atoms with E-state index < -0.39 is 24.4 Å². The van der Waals surface area contributed by atoms with Gasteiger partial charge in [0.15, 0.2) is 6.10 Å². The van der Waals surface area contributed by atoms with Crippen LogP contribution in [0.4, 0.5) is 8.78 Å². The molecule has 0 saturated heterocycles. The van der Waals surface area contributed by atoms with Crippen molar-refractivity contribution in [1.82, 2.24) is 0 Å². The maximum absolute atomic E-state index is 12.6. The standard InChI is InChI=1S/C11H10F2O3/c12-10(13)9-7(11(14)15)5-6-3-1-2-4-8(6)16-9/h1-4,7,9-10H,5H2,(H,14,15)/t7-,9-/m0/s1. The summed E-state index contributed by atoms with van der Waals surface area (Å²) in [5.41, 5.74) is 0.659. The molecule has 2 rings (SSSR count). The average Bonchev–Trinajstić information content (AvgIpc) is 2.27. The summed E-state index contributed by atoms with van der Waals surface area (Å²) in [5.74, 6) is -2.08. The minimum atomic E-state index is -2.80. The Balaban J connectivity index is 2.33. The summed E-state index contributed by atoms with van der Waals surface area (Å²) in [4.78, 5) is 10.9. The smallest absolute Gasteiger partial charge is 0.310 e. The van der Waals surface area contributed by atoms with Crippen molar-refractivity contribution < 1.29 is 23.4 Å². The molecule has 0 saturated carbocycles. The summed E-state index contributed by atoms with van der Waals surface area (Å²) in [5, 5.41) is 8.87. The molecule has 0 fully saturated rings. The van der Waals surface area contributed by atoms with Gasteiger partial charge in [0, 0.05) is 0 Å². The van der Waals surface area contributed by atoms with Crippen LogP contribution in [0, 0.1) is 5.92 Å². The van der Waals surface area contributed by atoms with Crippen LogP contribution in [-0.4, -0.2) is 23.6 Å². The number of ether oxygens (including phenoxy) is 1. The van der Waals surface area contributed by atoms with Gasteiger partial charge < -0.3 is 9.84 Å². The predicted molar refractivity (Wildman–Crippen MR) is 51.7 cm³/mol. The molecule has 0 amide bonds. The van der Waals surface area contributed by atoms with Crippen LogP contribution in [0.3, 0.4) is 0 Å². The molecule has 16 heavy (non-hydrogen) atoms. The number of hydrogen-bond acceptors (Lipinski definition) is 2. The number of fused-ring (bicyclic) bond motifs is 1. The summed E-state index contributed by atoms with van der Waals surface area (Å²) in [6.07, 6.45) is -4.28. The number of alkyl halides is 2. The number of carbonyl (C=O) groups is 1. The first-order valence-electron chi connectivity index (χ1n) is 4.85. The monoisotopic (exact) mass is 228 g/mol. The van der Waals surface area contributed by atoms with E-state index in [4.69, 9.17) is 9.84 Å². The Labute approximate surface area is 90.7 Å². The molecule has 0 aromatic heterocycles. The zero-order valence-corrected chi connectivity index (χ0v) is 8.27. The maximum atomic E-state index is 12.6. The SMILES string of the molecule is O=C(O)[C@H]1Cc2ccccc2O[C@@H]1C(F)F. The number of para-hydroxylation sites is 1. The van der Waals surface area contributed by atoms with E-state index in [1.54, 1.807) is 24.3 Å². The molecule has 2 atom stereocenters. The summed E-state index contributed by atoms with van der Waals surface area (Å²) in [6.45, 7) is 0. The molecule has 1 aromatic carbocycles. The Hall–Kier alpha value is -1.65. The molecule has 1 N–H and O–H groups in total. The van der Waals surface area contributed by atoms with Crippen molar-refractivity contribution in [3.05, 3.63) is 29.8 Å². The minimum Gasteiger partial charge on any atom is -0.483 e.